The summed E-state index contributed by atoms with van der Waals surface area (Å²) in [6.07, 6.45) is 0. The van der Waals surface area contributed by atoms with E-state index in [2.05, 4.69) is 4.84 Å². The van der Waals surface area contributed by atoms with Gasteiger partial charge in [0.2, 0.25) is 5.91 Å². The number of benzene rings is 1. The van der Waals surface area contributed by atoms with Crippen LogP contribution in [0, 0.1) is 0 Å². The molecule has 1 amide bonds. The van der Waals surface area contributed by atoms with Gasteiger partial charge in [0.25, 0.3) is 10.0 Å². The highest BCUT2D eigenvalue weighted by Gasteiger charge is 2.14. The summed E-state index contributed by atoms with van der Waals surface area (Å²) in [5.74, 6) is -0.209. The summed E-state index contributed by atoms with van der Waals surface area (Å²) in [5.41, 5.74) is 4.80. The number of ether oxygens (including phenoxy) is 1. The molecule has 1 aromatic rings. The smallest absolute Gasteiger partial charge is 0.262 e. The fourth-order valence-corrected chi connectivity index (χ4v) is 1.91. The van der Waals surface area contributed by atoms with Crippen molar-refractivity contribution in [1.29, 1.82) is 0 Å². The number of hydrogen-bond acceptors (Lipinski definition) is 5. The number of carbonyl (C=O) groups excluding carboxylic acids is 1. The zero-order valence-electron chi connectivity index (χ0n) is 9.75. The Balaban J connectivity index is 2.69. The minimum Gasteiger partial charge on any atom is -0.494 e. The summed E-state index contributed by atoms with van der Waals surface area (Å²) in [6.45, 7) is 1.78. The van der Waals surface area contributed by atoms with Crippen molar-refractivity contribution in [2.75, 3.05) is 13.2 Å². The molecule has 0 fully saturated rings. The van der Waals surface area contributed by atoms with Gasteiger partial charge in [-0.15, -0.1) is 0 Å². The summed E-state index contributed by atoms with van der Waals surface area (Å²) < 4.78 is 28.5. The Morgan fingerprint density at radius 2 is 1.94 bits per heavy atom. The van der Waals surface area contributed by atoms with E-state index in [4.69, 9.17) is 10.5 Å². The molecule has 0 spiro atoms. The molecule has 1 rings (SSSR count). The fourth-order valence-electron chi connectivity index (χ4n) is 1.11. The number of carbonyl (C=O) groups is 1. The van der Waals surface area contributed by atoms with Gasteiger partial charge in [0, 0.05) is 0 Å². The molecule has 0 unspecified atom stereocenters. The van der Waals surface area contributed by atoms with Crippen molar-refractivity contribution in [1.82, 2.24) is 4.89 Å². The maximum Gasteiger partial charge on any atom is 0.262 e. The Morgan fingerprint density at radius 1 is 1.33 bits per heavy atom. The molecule has 100 valence electrons. The third-order valence-corrected chi connectivity index (χ3v) is 3.06. The minimum absolute atomic E-state index is 0.00424. The second-order valence-corrected chi connectivity index (χ2v) is 4.89. The zero-order chi connectivity index (χ0) is 13.6. The molecule has 0 saturated carbocycles. The first-order valence-electron chi connectivity index (χ1n) is 5.10. The van der Waals surface area contributed by atoms with Gasteiger partial charge in [-0.05, 0) is 31.2 Å². The molecule has 0 aliphatic carbocycles. The first kappa shape index (κ1) is 14.4. The SMILES string of the molecule is CCOc1ccc(S(=O)(=O)NOCC(N)=O)cc1. The minimum atomic E-state index is -3.82. The van der Waals surface area contributed by atoms with Gasteiger partial charge in [-0.2, -0.15) is 0 Å². The van der Waals surface area contributed by atoms with Gasteiger partial charge in [0.1, 0.15) is 12.4 Å². The Morgan fingerprint density at radius 3 is 2.44 bits per heavy atom. The molecule has 0 aliphatic heterocycles. The number of hydrogen-bond donors (Lipinski definition) is 2. The van der Waals surface area contributed by atoms with Crippen molar-refractivity contribution < 1.29 is 22.8 Å². The van der Waals surface area contributed by atoms with Crippen molar-refractivity contribution in [2.45, 2.75) is 11.8 Å². The number of rotatable bonds is 7. The van der Waals surface area contributed by atoms with E-state index in [1.54, 1.807) is 4.89 Å². The summed E-state index contributed by atoms with van der Waals surface area (Å²) in [5, 5.41) is 0. The van der Waals surface area contributed by atoms with Gasteiger partial charge in [0.15, 0.2) is 0 Å². The maximum atomic E-state index is 11.7. The van der Waals surface area contributed by atoms with E-state index in [9.17, 15) is 13.2 Å². The average molecular weight is 274 g/mol. The van der Waals surface area contributed by atoms with Crippen LogP contribution in [-0.4, -0.2) is 27.5 Å². The van der Waals surface area contributed by atoms with Gasteiger partial charge < -0.3 is 10.5 Å². The molecule has 0 radical (unpaired) electrons. The van der Waals surface area contributed by atoms with Crippen LogP contribution in [0.1, 0.15) is 6.92 Å². The molecule has 0 saturated heterocycles. The van der Waals surface area contributed by atoms with E-state index in [0.29, 0.717) is 12.4 Å². The van der Waals surface area contributed by atoms with Crippen molar-refractivity contribution in [3.8, 4) is 5.75 Å². The predicted molar refractivity (Wildman–Crippen MR) is 63.1 cm³/mol. The number of primary amides is 1. The molecule has 0 atom stereocenters. The second kappa shape index (κ2) is 6.34. The largest absolute Gasteiger partial charge is 0.494 e. The highest BCUT2D eigenvalue weighted by molar-refractivity contribution is 7.89. The molecule has 8 heteroatoms. The maximum absolute atomic E-state index is 11.7. The van der Waals surface area contributed by atoms with E-state index in [0.717, 1.165) is 0 Å². The monoisotopic (exact) mass is 274 g/mol. The number of nitrogens with one attached hydrogen (secondary N) is 1. The van der Waals surface area contributed by atoms with Gasteiger partial charge in [-0.3, -0.25) is 9.63 Å². The van der Waals surface area contributed by atoms with Gasteiger partial charge in [-0.1, -0.05) is 4.89 Å². The lowest BCUT2D eigenvalue weighted by Gasteiger charge is -2.07. The fraction of sp³-hybridized carbons (Fsp3) is 0.300. The van der Waals surface area contributed by atoms with Crippen LogP contribution in [-0.2, 0) is 19.7 Å². The third kappa shape index (κ3) is 4.32. The van der Waals surface area contributed by atoms with Crippen LogP contribution in [0.15, 0.2) is 29.2 Å². The lowest BCUT2D eigenvalue weighted by molar-refractivity contribution is -0.123. The van der Waals surface area contributed by atoms with Gasteiger partial charge in [0.05, 0.1) is 11.5 Å². The molecular formula is C10H14N2O5S. The van der Waals surface area contributed by atoms with Crippen LogP contribution in [0.4, 0.5) is 0 Å². The average Bonchev–Trinajstić information content (AvgIpc) is 2.29. The van der Waals surface area contributed by atoms with Crippen molar-refractivity contribution in [3.05, 3.63) is 24.3 Å². The number of nitrogens with two attached hydrogens (primary N) is 1. The van der Waals surface area contributed by atoms with Crippen LogP contribution in [0.5, 0.6) is 5.75 Å². The second-order valence-electron chi connectivity index (χ2n) is 3.25. The van der Waals surface area contributed by atoms with Crippen molar-refractivity contribution in [2.24, 2.45) is 5.73 Å². The Labute approximate surface area is 105 Å². The Hall–Kier alpha value is -1.64. The van der Waals surface area contributed by atoms with E-state index in [1.165, 1.54) is 24.3 Å². The first-order valence-corrected chi connectivity index (χ1v) is 6.59. The van der Waals surface area contributed by atoms with Crippen molar-refractivity contribution >= 4 is 15.9 Å². The summed E-state index contributed by atoms with van der Waals surface area (Å²) in [4.78, 5) is 16.6. The van der Waals surface area contributed by atoms with Crippen LogP contribution >= 0.6 is 0 Å². The summed E-state index contributed by atoms with van der Waals surface area (Å²) in [7, 11) is -3.82. The van der Waals surface area contributed by atoms with E-state index in [1.807, 2.05) is 6.92 Å². The molecule has 0 aliphatic rings. The normalized spacial score (nSPS) is 11.2. The highest BCUT2D eigenvalue weighted by atomic mass is 32.2. The number of sulfonamides is 1. The third-order valence-electron chi connectivity index (χ3n) is 1.83. The van der Waals surface area contributed by atoms with Crippen LogP contribution in [0.3, 0.4) is 0 Å². The standard InChI is InChI=1S/C10H14N2O5S/c1-2-16-8-3-5-9(6-4-8)18(14,15)12-17-7-10(11)13/h3-6,12H,2,7H2,1H3,(H2,11,13). The molecule has 0 aromatic heterocycles. The molecule has 0 bridgehead atoms. The molecule has 1 aromatic carbocycles. The molecular weight excluding hydrogens is 260 g/mol. The molecule has 0 heterocycles. The van der Waals surface area contributed by atoms with Crippen LogP contribution < -0.4 is 15.4 Å². The lowest BCUT2D eigenvalue weighted by atomic mass is 10.3. The van der Waals surface area contributed by atoms with Gasteiger partial charge in [-0.25, -0.2) is 8.42 Å². The lowest BCUT2D eigenvalue weighted by Crippen LogP contribution is -2.29. The highest BCUT2D eigenvalue weighted by Crippen LogP contribution is 2.15. The van der Waals surface area contributed by atoms with E-state index in [-0.39, 0.29) is 4.90 Å². The van der Waals surface area contributed by atoms with E-state index < -0.39 is 22.5 Å². The molecule has 18 heavy (non-hydrogen) atoms. The Bertz CT molecular complexity index is 498. The molecule has 3 N–H and O–H groups in total. The predicted octanol–water partition coefficient (Wildman–Crippen LogP) is -0.219. The summed E-state index contributed by atoms with van der Waals surface area (Å²) >= 11 is 0. The first-order chi connectivity index (χ1) is 8.45. The summed E-state index contributed by atoms with van der Waals surface area (Å²) in [6, 6.07) is 5.76. The number of amides is 1. The van der Waals surface area contributed by atoms with Crippen LogP contribution in [0.2, 0.25) is 0 Å². The van der Waals surface area contributed by atoms with Crippen molar-refractivity contribution in [3.63, 3.8) is 0 Å². The van der Waals surface area contributed by atoms with Crippen LogP contribution in [0.25, 0.3) is 0 Å². The topological polar surface area (TPSA) is 108 Å². The Kier molecular flexibility index (Phi) is 5.08. The quantitative estimate of drug-likeness (QED) is 0.668. The zero-order valence-corrected chi connectivity index (χ0v) is 10.6. The van der Waals surface area contributed by atoms with Gasteiger partial charge >= 0.3 is 0 Å². The molecule has 7 nitrogen and oxygen atoms in total. The van der Waals surface area contributed by atoms with E-state index >= 15 is 0 Å².